The van der Waals surface area contributed by atoms with Crippen LogP contribution in [0.4, 0.5) is 5.69 Å². The Morgan fingerprint density at radius 2 is 1.75 bits per heavy atom. The van der Waals surface area contributed by atoms with Gasteiger partial charge < -0.3 is 9.15 Å². The molecule has 0 bridgehead atoms. The molecule has 1 aromatic heterocycles. The number of hydrogen-bond acceptors (Lipinski definition) is 5. The van der Waals surface area contributed by atoms with Crippen molar-refractivity contribution in [2.24, 2.45) is 0 Å². The summed E-state index contributed by atoms with van der Waals surface area (Å²) in [6.45, 7) is 12.1. The smallest absolute Gasteiger partial charge is 0.342 e. The second-order valence-electron chi connectivity index (χ2n) is 9.07. The second-order valence-corrected chi connectivity index (χ2v) is 10.7. The molecule has 0 amide bonds. The van der Waals surface area contributed by atoms with Gasteiger partial charge in [-0.25, -0.2) is 13.2 Å². The van der Waals surface area contributed by atoms with Gasteiger partial charge >= 0.3 is 5.97 Å². The summed E-state index contributed by atoms with van der Waals surface area (Å²) < 4.78 is 39.8. The number of hydrogen-bond donors (Lipinski definition) is 1. The topological polar surface area (TPSA) is 85.6 Å². The zero-order valence-corrected chi connectivity index (χ0v) is 20.4. The molecule has 3 aromatic rings. The van der Waals surface area contributed by atoms with Gasteiger partial charge in [-0.3, -0.25) is 4.72 Å². The Hall–Kier alpha value is -2.80. The molecule has 2 aromatic carbocycles. The predicted molar refractivity (Wildman–Crippen MR) is 127 cm³/mol. The van der Waals surface area contributed by atoms with Gasteiger partial charge in [-0.2, -0.15) is 0 Å². The summed E-state index contributed by atoms with van der Waals surface area (Å²) in [4.78, 5) is 12.8. The maximum Gasteiger partial charge on any atom is 0.342 e. The molecule has 1 heterocycles. The van der Waals surface area contributed by atoms with Crippen LogP contribution in [0.1, 0.15) is 67.8 Å². The number of rotatable bonds is 7. The van der Waals surface area contributed by atoms with Crippen LogP contribution in [0.3, 0.4) is 0 Å². The Kier molecular flexibility index (Phi) is 6.69. The van der Waals surface area contributed by atoms with Gasteiger partial charge in [-0.15, -0.1) is 0 Å². The number of carbonyl (C=O) groups is 1. The first-order valence-electron chi connectivity index (χ1n) is 10.8. The van der Waals surface area contributed by atoms with Gasteiger partial charge in [0.05, 0.1) is 17.2 Å². The van der Waals surface area contributed by atoms with Gasteiger partial charge in [-0.05, 0) is 61.1 Å². The van der Waals surface area contributed by atoms with Crippen molar-refractivity contribution in [3.05, 3.63) is 58.8 Å². The lowest BCUT2D eigenvalue weighted by Crippen LogP contribution is -2.15. The lowest BCUT2D eigenvalue weighted by Gasteiger charge is -2.19. The number of fused-ring (bicyclic) bond motifs is 1. The van der Waals surface area contributed by atoms with Crippen LogP contribution >= 0.6 is 0 Å². The molecule has 172 valence electrons. The average molecular weight is 458 g/mol. The van der Waals surface area contributed by atoms with Crippen LogP contribution in [-0.2, 0) is 20.2 Å². The molecular weight excluding hydrogens is 426 g/mol. The molecular formula is C25H31NO5S. The third kappa shape index (κ3) is 4.99. The minimum atomic E-state index is -3.81. The fourth-order valence-electron chi connectivity index (χ4n) is 3.45. The Morgan fingerprint density at radius 3 is 2.34 bits per heavy atom. The molecule has 0 spiro atoms. The van der Waals surface area contributed by atoms with E-state index in [1.54, 1.807) is 38.1 Å². The molecule has 7 heteroatoms. The first-order valence-corrected chi connectivity index (χ1v) is 12.3. The minimum Gasteiger partial charge on any atom is -0.462 e. The molecule has 0 saturated heterocycles. The van der Waals surface area contributed by atoms with Gasteiger partial charge in [0, 0.05) is 5.39 Å². The van der Waals surface area contributed by atoms with Gasteiger partial charge in [0.25, 0.3) is 10.0 Å². The number of unbranched alkanes of at least 4 members (excludes halogenated alkanes) is 1. The van der Waals surface area contributed by atoms with Crippen molar-refractivity contribution in [2.45, 2.75) is 64.7 Å². The Labute approximate surface area is 190 Å². The SMILES string of the molecule is CCCCOC(=O)c1c(C)oc2cc(C)c(NS(=O)(=O)c3ccc(C(C)(C)C)cc3)cc12. The van der Waals surface area contributed by atoms with Crippen LogP contribution < -0.4 is 4.72 Å². The Balaban J connectivity index is 1.95. The highest BCUT2D eigenvalue weighted by molar-refractivity contribution is 7.92. The standard InChI is InChI=1S/C25H31NO5S/c1-7-8-13-30-24(27)23-17(3)31-22-14-16(2)21(15-20(22)23)26-32(28,29)19-11-9-18(10-12-19)25(4,5)6/h9-12,14-15,26H,7-8,13H2,1-6H3. The van der Waals surface area contributed by atoms with Crippen molar-refractivity contribution in [3.8, 4) is 0 Å². The molecule has 0 aliphatic carbocycles. The summed E-state index contributed by atoms with van der Waals surface area (Å²) >= 11 is 0. The number of furan rings is 1. The van der Waals surface area contributed by atoms with Gasteiger partial charge in [0.15, 0.2) is 0 Å². The third-order valence-electron chi connectivity index (χ3n) is 5.42. The van der Waals surface area contributed by atoms with Crippen molar-refractivity contribution >= 4 is 32.6 Å². The highest BCUT2D eigenvalue weighted by atomic mass is 32.2. The van der Waals surface area contributed by atoms with Gasteiger partial charge in [0.1, 0.15) is 16.9 Å². The molecule has 0 aliphatic heterocycles. The lowest BCUT2D eigenvalue weighted by molar-refractivity contribution is 0.0500. The molecule has 3 rings (SSSR count). The van der Waals surface area contributed by atoms with Gasteiger partial charge in [-0.1, -0.05) is 46.2 Å². The van der Waals surface area contributed by atoms with Crippen LogP contribution in [0.25, 0.3) is 11.0 Å². The molecule has 6 nitrogen and oxygen atoms in total. The number of ether oxygens (including phenoxy) is 1. The van der Waals surface area contributed by atoms with E-state index < -0.39 is 16.0 Å². The van der Waals surface area contributed by atoms with Crippen molar-refractivity contribution in [1.29, 1.82) is 0 Å². The lowest BCUT2D eigenvalue weighted by atomic mass is 9.87. The van der Waals surface area contributed by atoms with Crippen LogP contribution in [0.5, 0.6) is 0 Å². The Morgan fingerprint density at radius 1 is 1.09 bits per heavy atom. The highest BCUT2D eigenvalue weighted by Gasteiger charge is 2.23. The zero-order valence-electron chi connectivity index (χ0n) is 19.5. The quantitative estimate of drug-likeness (QED) is 0.342. The normalized spacial score (nSPS) is 12.2. The van der Waals surface area contributed by atoms with E-state index in [0.29, 0.717) is 40.2 Å². The molecule has 32 heavy (non-hydrogen) atoms. The van der Waals surface area contributed by atoms with Crippen LogP contribution in [0.2, 0.25) is 0 Å². The fraction of sp³-hybridized carbons (Fsp3) is 0.400. The van der Waals surface area contributed by atoms with Crippen molar-refractivity contribution in [3.63, 3.8) is 0 Å². The number of carbonyl (C=O) groups excluding carboxylic acids is 1. The molecule has 0 fully saturated rings. The number of anilines is 1. The summed E-state index contributed by atoms with van der Waals surface area (Å²) in [6, 6.07) is 10.2. The number of nitrogens with one attached hydrogen (secondary N) is 1. The summed E-state index contributed by atoms with van der Waals surface area (Å²) in [7, 11) is -3.81. The van der Waals surface area contributed by atoms with E-state index in [2.05, 4.69) is 25.5 Å². The van der Waals surface area contributed by atoms with Crippen LogP contribution in [0, 0.1) is 13.8 Å². The van der Waals surface area contributed by atoms with E-state index >= 15 is 0 Å². The average Bonchev–Trinajstić information content (AvgIpc) is 3.02. The summed E-state index contributed by atoms with van der Waals surface area (Å²) in [5, 5.41) is 0.523. The van der Waals surface area contributed by atoms with E-state index in [1.807, 2.05) is 19.1 Å². The maximum absolute atomic E-state index is 13.0. The third-order valence-corrected chi connectivity index (χ3v) is 6.80. The van der Waals surface area contributed by atoms with Crippen LogP contribution in [0.15, 0.2) is 45.7 Å². The van der Waals surface area contributed by atoms with Crippen LogP contribution in [-0.4, -0.2) is 21.0 Å². The zero-order chi connectivity index (χ0) is 23.7. The monoisotopic (exact) mass is 457 g/mol. The van der Waals surface area contributed by atoms with Gasteiger partial charge in [0.2, 0.25) is 0 Å². The molecule has 0 saturated carbocycles. The largest absolute Gasteiger partial charge is 0.462 e. The highest BCUT2D eigenvalue weighted by Crippen LogP contribution is 2.32. The minimum absolute atomic E-state index is 0.0708. The Bertz CT molecular complexity index is 1230. The molecule has 0 atom stereocenters. The first kappa shape index (κ1) is 23.9. The predicted octanol–water partition coefficient (Wildman–Crippen LogP) is 6.10. The molecule has 0 aliphatic rings. The van der Waals surface area contributed by atoms with E-state index in [1.165, 1.54) is 0 Å². The maximum atomic E-state index is 13.0. The molecule has 1 N–H and O–H groups in total. The molecule has 0 unspecified atom stereocenters. The summed E-state index contributed by atoms with van der Waals surface area (Å²) in [5.41, 5.74) is 2.89. The number of benzene rings is 2. The second kappa shape index (κ2) is 8.98. The van der Waals surface area contributed by atoms with Crippen molar-refractivity contribution in [1.82, 2.24) is 0 Å². The summed E-state index contributed by atoms with van der Waals surface area (Å²) in [5.74, 6) is -0.0243. The van der Waals surface area contributed by atoms with E-state index in [9.17, 15) is 13.2 Å². The number of esters is 1. The summed E-state index contributed by atoms with van der Waals surface area (Å²) in [6.07, 6.45) is 1.69. The number of aryl methyl sites for hydroxylation is 2. The van der Waals surface area contributed by atoms with Crippen molar-refractivity contribution < 1.29 is 22.4 Å². The first-order chi connectivity index (χ1) is 14.9. The number of sulfonamides is 1. The molecule has 0 radical (unpaired) electrons. The fourth-order valence-corrected chi connectivity index (χ4v) is 4.57. The van der Waals surface area contributed by atoms with Crippen molar-refractivity contribution in [2.75, 3.05) is 11.3 Å². The van der Waals surface area contributed by atoms with E-state index in [4.69, 9.17) is 9.15 Å². The van der Waals surface area contributed by atoms with E-state index in [-0.39, 0.29) is 10.3 Å². The van der Waals surface area contributed by atoms with E-state index in [0.717, 1.165) is 18.4 Å².